The van der Waals surface area contributed by atoms with Crippen molar-refractivity contribution in [2.45, 2.75) is 20.8 Å². The zero-order valence-corrected chi connectivity index (χ0v) is 8.91. The lowest BCUT2D eigenvalue weighted by atomic mass is 10.2. The summed E-state index contributed by atoms with van der Waals surface area (Å²) in [6.07, 6.45) is 0. The third kappa shape index (κ3) is 3.94. The molecule has 0 unspecified atom stereocenters. The summed E-state index contributed by atoms with van der Waals surface area (Å²) < 4.78 is 4.79. The van der Waals surface area contributed by atoms with Gasteiger partial charge < -0.3 is 10.5 Å². The van der Waals surface area contributed by atoms with Crippen LogP contribution in [0.2, 0.25) is 0 Å². The molecule has 0 spiro atoms. The lowest BCUT2D eigenvalue weighted by Gasteiger charge is -2.00. The average molecular weight is 195 g/mol. The number of ether oxygens (including phenoxy) is 1. The number of hydrogen-bond acceptors (Lipinski definition) is 3. The average Bonchev–Trinajstić information content (AvgIpc) is 2.22. The van der Waals surface area contributed by atoms with Crippen LogP contribution in [0.15, 0.2) is 24.3 Å². The number of carbonyl (C=O) groups excluding carboxylic acids is 1. The Labute approximate surface area is 84.9 Å². The first kappa shape index (κ1) is 12.5. The molecule has 0 atom stereocenters. The van der Waals surface area contributed by atoms with Crippen LogP contribution in [0.4, 0.5) is 5.69 Å². The van der Waals surface area contributed by atoms with Crippen molar-refractivity contribution in [1.82, 2.24) is 0 Å². The van der Waals surface area contributed by atoms with E-state index in [1.165, 1.54) is 0 Å². The van der Waals surface area contributed by atoms with Crippen molar-refractivity contribution in [3.8, 4) is 0 Å². The van der Waals surface area contributed by atoms with Crippen molar-refractivity contribution in [1.29, 1.82) is 0 Å². The molecule has 3 heteroatoms. The number of rotatable bonds is 2. The first-order valence-corrected chi connectivity index (χ1v) is 4.76. The van der Waals surface area contributed by atoms with Gasteiger partial charge in [0.15, 0.2) is 0 Å². The smallest absolute Gasteiger partial charge is 0.338 e. The third-order valence-electron chi connectivity index (χ3n) is 1.42. The van der Waals surface area contributed by atoms with Gasteiger partial charge in [-0.15, -0.1) is 0 Å². The molecule has 78 valence electrons. The molecule has 0 radical (unpaired) electrons. The first-order valence-electron chi connectivity index (χ1n) is 4.76. The lowest BCUT2D eigenvalue weighted by molar-refractivity contribution is 0.0526. The highest BCUT2D eigenvalue weighted by atomic mass is 16.5. The molecule has 3 nitrogen and oxygen atoms in total. The predicted molar refractivity (Wildman–Crippen MR) is 58.2 cm³/mol. The third-order valence-corrected chi connectivity index (χ3v) is 1.42. The molecule has 0 saturated heterocycles. The second-order valence-electron chi connectivity index (χ2n) is 2.34. The van der Waals surface area contributed by atoms with Gasteiger partial charge in [-0.3, -0.25) is 0 Å². The van der Waals surface area contributed by atoms with Crippen LogP contribution < -0.4 is 5.73 Å². The van der Waals surface area contributed by atoms with Crippen LogP contribution in [-0.2, 0) is 4.74 Å². The number of hydrogen-bond donors (Lipinski definition) is 1. The Bertz CT molecular complexity index is 267. The molecule has 0 fully saturated rings. The molecular weight excluding hydrogens is 178 g/mol. The van der Waals surface area contributed by atoms with Gasteiger partial charge in [0, 0.05) is 5.69 Å². The Morgan fingerprint density at radius 3 is 2.21 bits per heavy atom. The Morgan fingerprint density at radius 1 is 1.29 bits per heavy atom. The normalized spacial score (nSPS) is 8.50. The lowest BCUT2D eigenvalue weighted by Crippen LogP contribution is -2.04. The predicted octanol–water partition coefficient (Wildman–Crippen LogP) is 2.47. The number of benzene rings is 1. The summed E-state index contributed by atoms with van der Waals surface area (Å²) in [6.45, 7) is 6.17. The molecule has 1 aromatic rings. The van der Waals surface area contributed by atoms with E-state index in [1.807, 2.05) is 13.8 Å². The fourth-order valence-electron chi connectivity index (χ4n) is 0.834. The van der Waals surface area contributed by atoms with E-state index < -0.39 is 0 Å². The van der Waals surface area contributed by atoms with Gasteiger partial charge in [0.2, 0.25) is 0 Å². The highest BCUT2D eigenvalue weighted by Crippen LogP contribution is 2.06. The van der Waals surface area contributed by atoms with E-state index in [4.69, 9.17) is 10.5 Å². The van der Waals surface area contributed by atoms with Gasteiger partial charge in [0.05, 0.1) is 12.2 Å². The van der Waals surface area contributed by atoms with Crippen LogP contribution in [0.1, 0.15) is 31.1 Å². The highest BCUT2D eigenvalue weighted by Gasteiger charge is 2.03. The minimum Gasteiger partial charge on any atom is -0.462 e. The largest absolute Gasteiger partial charge is 0.462 e. The van der Waals surface area contributed by atoms with E-state index in [1.54, 1.807) is 31.2 Å². The zero-order chi connectivity index (χ0) is 11.0. The summed E-state index contributed by atoms with van der Waals surface area (Å²) in [4.78, 5) is 11.1. The van der Waals surface area contributed by atoms with Crippen LogP contribution in [0.3, 0.4) is 0 Å². The fourth-order valence-corrected chi connectivity index (χ4v) is 0.834. The second-order valence-corrected chi connectivity index (χ2v) is 2.34. The van der Waals surface area contributed by atoms with Gasteiger partial charge in [-0.05, 0) is 31.2 Å². The number of nitrogen functional groups attached to an aromatic ring is 1. The summed E-state index contributed by atoms with van der Waals surface area (Å²) in [6, 6.07) is 6.64. The maximum Gasteiger partial charge on any atom is 0.338 e. The fraction of sp³-hybridized carbons (Fsp3) is 0.364. The molecule has 0 saturated carbocycles. The van der Waals surface area contributed by atoms with E-state index in [2.05, 4.69) is 0 Å². The summed E-state index contributed by atoms with van der Waals surface area (Å²) in [7, 11) is 0. The van der Waals surface area contributed by atoms with Crippen LogP contribution in [0.5, 0.6) is 0 Å². The van der Waals surface area contributed by atoms with E-state index in [-0.39, 0.29) is 5.97 Å². The number of anilines is 1. The Kier molecular flexibility index (Phi) is 6.20. The first-order chi connectivity index (χ1) is 6.74. The molecule has 14 heavy (non-hydrogen) atoms. The quantitative estimate of drug-likeness (QED) is 0.582. The van der Waals surface area contributed by atoms with Crippen molar-refractivity contribution in [3.05, 3.63) is 29.8 Å². The van der Waals surface area contributed by atoms with Gasteiger partial charge >= 0.3 is 5.97 Å². The molecule has 0 aromatic heterocycles. The van der Waals surface area contributed by atoms with Crippen LogP contribution >= 0.6 is 0 Å². The molecule has 0 aliphatic heterocycles. The monoisotopic (exact) mass is 195 g/mol. The van der Waals surface area contributed by atoms with Gasteiger partial charge in [-0.1, -0.05) is 13.8 Å². The van der Waals surface area contributed by atoms with E-state index >= 15 is 0 Å². The molecule has 2 N–H and O–H groups in total. The standard InChI is InChI=1S/C9H11NO2.C2H6/c1-2-12-9(11)7-3-5-8(10)6-4-7;1-2/h3-6H,2,10H2,1H3;1-2H3. The molecule has 0 heterocycles. The summed E-state index contributed by atoms with van der Waals surface area (Å²) in [5.41, 5.74) is 6.62. The van der Waals surface area contributed by atoms with Crippen LogP contribution in [0.25, 0.3) is 0 Å². The number of nitrogens with two attached hydrogens (primary N) is 1. The van der Waals surface area contributed by atoms with Crippen LogP contribution in [-0.4, -0.2) is 12.6 Å². The molecular formula is C11H17NO2. The van der Waals surface area contributed by atoms with E-state index in [0.29, 0.717) is 17.9 Å². The molecule has 0 bridgehead atoms. The highest BCUT2D eigenvalue weighted by molar-refractivity contribution is 5.89. The van der Waals surface area contributed by atoms with E-state index in [0.717, 1.165) is 0 Å². The van der Waals surface area contributed by atoms with Gasteiger partial charge in [-0.2, -0.15) is 0 Å². The topological polar surface area (TPSA) is 52.3 Å². The van der Waals surface area contributed by atoms with Gasteiger partial charge in [-0.25, -0.2) is 4.79 Å². The Hall–Kier alpha value is -1.51. The Morgan fingerprint density at radius 2 is 1.79 bits per heavy atom. The Balaban J connectivity index is 0.000000791. The van der Waals surface area contributed by atoms with Crippen molar-refractivity contribution in [2.75, 3.05) is 12.3 Å². The molecule has 0 aliphatic rings. The molecule has 0 aliphatic carbocycles. The minimum absolute atomic E-state index is 0.308. The van der Waals surface area contributed by atoms with Crippen molar-refractivity contribution in [2.24, 2.45) is 0 Å². The maximum atomic E-state index is 11.1. The van der Waals surface area contributed by atoms with E-state index in [9.17, 15) is 4.79 Å². The summed E-state index contributed by atoms with van der Waals surface area (Å²) >= 11 is 0. The van der Waals surface area contributed by atoms with Crippen molar-refractivity contribution >= 4 is 11.7 Å². The molecule has 1 rings (SSSR count). The summed E-state index contributed by atoms with van der Waals surface area (Å²) in [5, 5.41) is 0. The number of carbonyl (C=O) groups is 1. The molecule has 0 amide bonds. The van der Waals surface area contributed by atoms with Crippen LogP contribution in [0, 0.1) is 0 Å². The molecule has 1 aromatic carbocycles. The zero-order valence-electron chi connectivity index (χ0n) is 8.91. The van der Waals surface area contributed by atoms with Crippen molar-refractivity contribution < 1.29 is 9.53 Å². The maximum absolute atomic E-state index is 11.1. The van der Waals surface area contributed by atoms with Crippen molar-refractivity contribution in [3.63, 3.8) is 0 Å². The minimum atomic E-state index is -0.308. The second kappa shape index (κ2) is 6.95. The van der Waals surface area contributed by atoms with Gasteiger partial charge in [0.25, 0.3) is 0 Å². The SMILES string of the molecule is CC.CCOC(=O)c1ccc(N)cc1. The number of esters is 1. The summed E-state index contributed by atoms with van der Waals surface area (Å²) in [5.74, 6) is -0.308. The van der Waals surface area contributed by atoms with Gasteiger partial charge in [0.1, 0.15) is 0 Å².